The molecule has 0 atom stereocenters. The standard InChI is InChI=1S/C15H21BrN2O2/c1-11-12(2-5-18-6-3-17-4-7-18)10-13-15(14(11)16)20-9-8-19-13/h10,17H,2-9H2,1H3. The first kappa shape index (κ1) is 14.2. The summed E-state index contributed by atoms with van der Waals surface area (Å²) in [5.41, 5.74) is 2.61. The van der Waals surface area contributed by atoms with Gasteiger partial charge in [-0.1, -0.05) is 0 Å². The van der Waals surface area contributed by atoms with Crippen LogP contribution in [0.15, 0.2) is 10.5 Å². The van der Waals surface area contributed by atoms with Gasteiger partial charge in [0.15, 0.2) is 11.5 Å². The monoisotopic (exact) mass is 340 g/mol. The van der Waals surface area contributed by atoms with Crippen LogP contribution in [0.3, 0.4) is 0 Å². The van der Waals surface area contributed by atoms with Crippen LogP contribution in [0.1, 0.15) is 11.1 Å². The Morgan fingerprint density at radius 1 is 1.25 bits per heavy atom. The van der Waals surface area contributed by atoms with Gasteiger partial charge in [-0.2, -0.15) is 0 Å². The fourth-order valence-electron chi connectivity index (χ4n) is 2.76. The van der Waals surface area contributed by atoms with E-state index < -0.39 is 0 Å². The maximum atomic E-state index is 5.71. The van der Waals surface area contributed by atoms with Crippen LogP contribution in [0.5, 0.6) is 11.5 Å². The largest absolute Gasteiger partial charge is 0.486 e. The molecule has 1 aromatic carbocycles. The molecule has 3 rings (SSSR count). The fourth-order valence-corrected chi connectivity index (χ4v) is 3.33. The SMILES string of the molecule is Cc1c(CCN2CCNCC2)cc2c(c1Br)OCCO2. The molecule has 110 valence electrons. The summed E-state index contributed by atoms with van der Waals surface area (Å²) in [6.07, 6.45) is 1.06. The lowest BCUT2D eigenvalue weighted by atomic mass is 10.0. The van der Waals surface area contributed by atoms with Crippen molar-refractivity contribution in [2.45, 2.75) is 13.3 Å². The van der Waals surface area contributed by atoms with Gasteiger partial charge in [-0.25, -0.2) is 0 Å². The van der Waals surface area contributed by atoms with E-state index in [1.54, 1.807) is 0 Å². The molecule has 0 spiro atoms. The van der Waals surface area contributed by atoms with Crippen LogP contribution < -0.4 is 14.8 Å². The fraction of sp³-hybridized carbons (Fsp3) is 0.600. The summed E-state index contributed by atoms with van der Waals surface area (Å²) >= 11 is 3.65. The van der Waals surface area contributed by atoms with Crippen molar-refractivity contribution < 1.29 is 9.47 Å². The molecule has 1 aromatic rings. The maximum absolute atomic E-state index is 5.71. The molecule has 0 amide bonds. The minimum absolute atomic E-state index is 0.630. The second-order valence-corrected chi connectivity index (χ2v) is 6.13. The topological polar surface area (TPSA) is 33.7 Å². The molecule has 2 heterocycles. The molecule has 1 N–H and O–H groups in total. The molecule has 2 aliphatic rings. The van der Waals surface area contributed by atoms with Gasteiger partial charge in [-0.05, 0) is 46.5 Å². The molecule has 4 nitrogen and oxygen atoms in total. The number of ether oxygens (including phenoxy) is 2. The average molecular weight is 341 g/mol. The van der Waals surface area contributed by atoms with E-state index in [9.17, 15) is 0 Å². The lowest BCUT2D eigenvalue weighted by molar-refractivity contribution is 0.170. The lowest BCUT2D eigenvalue weighted by Gasteiger charge is -2.28. The van der Waals surface area contributed by atoms with Crippen molar-refractivity contribution in [1.29, 1.82) is 0 Å². The van der Waals surface area contributed by atoms with Crippen LogP contribution in [0.25, 0.3) is 0 Å². The first-order valence-corrected chi connectivity index (χ1v) is 8.05. The normalized spacial score (nSPS) is 19.1. The highest BCUT2D eigenvalue weighted by Crippen LogP contribution is 2.41. The van der Waals surface area contributed by atoms with Gasteiger partial charge in [0.05, 0.1) is 4.47 Å². The number of rotatable bonds is 3. The summed E-state index contributed by atoms with van der Waals surface area (Å²) in [5.74, 6) is 1.74. The van der Waals surface area contributed by atoms with E-state index in [0.29, 0.717) is 13.2 Å². The van der Waals surface area contributed by atoms with E-state index in [1.165, 1.54) is 11.1 Å². The smallest absolute Gasteiger partial charge is 0.175 e. The number of benzene rings is 1. The molecule has 1 fully saturated rings. The maximum Gasteiger partial charge on any atom is 0.175 e. The Bertz CT molecular complexity index is 487. The average Bonchev–Trinajstić information content (AvgIpc) is 2.50. The van der Waals surface area contributed by atoms with E-state index in [-0.39, 0.29) is 0 Å². The second kappa shape index (κ2) is 6.33. The number of halogens is 1. The Balaban J connectivity index is 1.73. The van der Waals surface area contributed by atoms with E-state index >= 15 is 0 Å². The number of nitrogens with one attached hydrogen (secondary N) is 1. The van der Waals surface area contributed by atoms with Crippen LogP contribution >= 0.6 is 15.9 Å². The third-order valence-electron chi connectivity index (χ3n) is 4.03. The van der Waals surface area contributed by atoms with E-state index in [2.05, 4.69) is 39.1 Å². The molecule has 1 saturated heterocycles. The van der Waals surface area contributed by atoms with Gasteiger partial charge >= 0.3 is 0 Å². The van der Waals surface area contributed by atoms with Gasteiger partial charge in [0.2, 0.25) is 0 Å². The van der Waals surface area contributed by atoms with E-state index in [4.69, 9.17) is 9.47 Å². The molecular weight excluding hydrogens is 320 g/mol. The zero-order valence-electron chi connectivity index (χ0n) is 11.9. The number of fused-ring (bicyclic) bond motifs is 1. The first-order valence-electron chi connectivity index (χ1n) is 7.26. The van der Waals surface area contributed by atoms with Crippen LogP contribution in [0.2, 0.25) is 0 Å². The number of piperazine rings is 1. The van der Waals surface area contributed by atoms with Gasteiger partial charge in [0.25, 0.3) is 0 Å². The van der Waals surface area contributed by atoms with Crippen molar-refractivity contribution >= 4 is 15.9 Å². The second-order valence-electron chi connectivity index (χ2n) is 5.34. The molecule has 20 heavy (non-hydrogen) atoms. The number of hydrogen-bond donors (Lipinski definition) is 1. The Morgan fingerprint density at radius 3 is 2.80 bits per heavy atom. The molecule has 2 aliphatic heterocycles. The van der Waals surface area contributed by atoms with E-state index in [0.717, 1.165) is 55.1 Å². The number of hydrogen-bond acceptors (Lipinski definition) is 4. The molecule has 0 aliphatic carbocycles. The third-order valence-corrected chi connectivity index (χ3v) is 4.99. The minimum atomic E-state index is 0.630. The van der Waals surface area contributed by atoms with Crippen LogP contribution in [0, 0.1) is 6.92 Å². The quantitative estimate of drug-likeness (QED) is 0.912. The van der Waals surface area contributed by atoms with Crippen molar-refractivity contribution in [3.8, 4) is 11.5 Å². The zero-order valence-corrected chi connectivity index (χ0v) is 13.5. The van der Waals surface area contributed by atoms with Crippen LogP contribution in [0.4, 0.5) is 0 Å². The van der Waals surface area contributed by atoms with Crippen molar-refractivity contribution in [3.63, 3.8) is 0 Å². The van der Waals surface area contributed by atoms with Gasteiger partial charge in [0.1, 0.15) is 13.2 Å². The van der Waals surface area contributed by atoms with Gasteiger partial charge in [-0.15, -0.1) is 0 Å². The van der Waals surface area contributed by atoms with Crippen molar-refractivity contribution in [3.05, 3.63) is 21.7 Å². The van der Waals surface area contributed by atoms with Crippen molar-refractivity contribution in [2.75, 3.05) is 45.9 Å². The summed E-state index contributed by atoms with van der Waals surface area (Å²) in [5, 5.41) is 3.39. The molecule has 5 heteroatoms. The molecule has 0 aromatic heterocycles. The van der Waals surface area contributed by atoms with Gasteiger partial charge < -0.3 is 19.7 Å². The Labute approximate surface area is 128 Å². The van der Waals surface area contributed by atoms with Crippen LogP contribution in [-0.2, 0) is 6.42 Å². The molecule has 0 unspecified atom stereocenters. The predicted molar refractivity (Wildman–Crippen MR) is 82.9 cm³/mol. The zero-order chi connectivity index (χ0) is 13.9. The Kier molecular flexibility index (Phi) is 4.48. The Morgan fingerprint density at radius 2 is 2.00 bits per heavy atom. The van der Waals surface area contributed by atoms with E-state index in [1.807, 2.05) is 0 Å². The highest BCUT2D eigenvalue weighted by molar-refractivity contribution is 9.10. The highest BCUT2D eigenvalue weighted by atomic mass is 79.9. The van der Waals surface area contributed by atoms with Crippen molar-refractivity contribution in [1.82, 2.24) is 10.2 Å². The van der Waals surface area contributed by atoms with Gasteiger partial charge in [0, 0.05) is 32.7 Å². The first-order chi connectivity index (χ1) is 9.75. The summed E-state index contributed by atoms with van der Waals surface area (Å²) < 4.78 is 12.5. The minimum Gasteiger partial charge on any atom is -0.486 e. The molecule has 0 saturated carbocycles. The Hall–Kier alpha value is -0.780. The molecule has 0 bridgehead atoms. The van der Waals surface area contributed by atoms with Gasteiger partial charge in [-0.3, -0.25) is 0 Å². The summed E-state index contributed by atoms with van der Waals surface area (Å²) in [4.78, 5) is 2.51. The van der Waals surface area contributed by atoms with Crippen molar-refractivity contribution in [2.24, 2.45) is 0 Å². The summed E-state index contributed by atoms with van der Waals surface area (Å²) in [7, 11) is 0. The third kappa shape index (κ3) is 2.95. The molecule has 0 radical (unpaired) electrons. The summed E-state index contributed by atoms with van der Waals surface area (Å²) in [6, 6.07) is 2.15. The molecular formula is C15H21BrN2O2. The van der Waals surface area contributed by atoms with Crippen LogP contribution in [-0.4, -0.2) is 50.8 Å². The lowest BCUT2D eigenvalue weighted by Crippen LogP contribution is -2.44. The predicted octanol–water partition coefficient (Wildman–Crippen LogP) is 1.98. The summed E-state index contributed by atoms with van der Waals surface area (Å²) in [6.45, 7) is 9.01. The highest BCUT2D eigenvalue weighted by Gasteiger charge is 2.20. The number of nitrogens with zero attached hydrogens (tertiary/aromatic N) is 1.